The van der Waals surface area contributed by atoms with E-state index in [0.717, 1.165) is 53.1 Å². The molecule has 0 bridgehead atoms. The molecule has 0 aromatic carbocycles. The SMILES string of the molecule is CNc1ncc2c(n1)CCCC=C2c1ccc2nc(C)cn2n1. The molecule has 3 aromatic rings. The lowest BCUT2D eigenvalue weighted by molar-refractivity contribution is 0.822. The van der Waals surface area contributed by atoms with Crippen LogP contribution in [0.1, 0.15) is 35.5 Å². The fourth-order valence-electron chi connectivity index (χ4n) is 2.97. The molecule has 1 aliphatic carbocycles. The Bertz CT molecular complexity index is 909. The molecule has 116 valence electrons. The minimum Gasteiger partial charge on any atom is -0.357 e. The largest absolute Gasteiger partial charge is 0.357 e. The summed E-state index contributed by atoms with van der Waals surface area (Å²) in [4.78, 5) is 13.4. The second kappa shape index (κ2) is 5.46. The van der Waals surface area contributed by atoms with Gasteiger partial charge in [-0.2, -0.15) is 5.10 Å². The summed E-state index contributed by atoms with van der Waals surface area (Å²) in [6.07, 6.45) is 9.14. The van der Waals surface area contributed by atoms with Gasteiger partial charge >= 0.3 is 0 Å². The van der Waals surface area contributed by atoms with Gasteiger partial charge in [-0.3, -0.25) is 0 Å². The minimum absolute atomic E-state index is 0.665. The number of anilines is 1. The molecule has 6 nitrogen and oxygen atoms in total. The Morgan fingerprint density at radius 1 is 1.22 bits per heavy atom. The van der Waals surface area contributed by atoms with E-state index in [2.05, 4.69) is 26.3 Å². The summed E-state index contributed by atoms with van der Waals surface area (Å²) in [7, 11) is 1.84. The topological polar surface area (TPSA) is 68.0 Å². The number of aryl methyl sites for hydroxylation is 2. The maximum Gasteiger partial charge on any atom is 0.222 e. The fraction of sp³-hybridized carbons (Fsp3) is 0.294. The molecule has 0 atom stereocenters. The van der Waals surface area contributed by atoms with Gasteiger partial charge in [0, 0.05) is 24.4 Å². The van der Waals surface area contributed by atoms with Crippen molar-refractivity contribution < 1.29 is 0 Å². The van der Waals surface area contributed by atoms with Crippen LogP contribution in [0.15, 0.2) is 30.6 Å². The second-order valence-corrected chi connectivity index (χ2v) is 5.72. The normalized spacial score (nSPS) is 14.3. The number of allylic oxidation sites excluding steroid dienone is 1. The monoisotopic (exact) mass is 306 g/mol. The molecule has 6 heteroatoms. The van der Waals surface area contributed by atoms with Crippen LogP contribution in [0.3, 0.4) is 0 Å². The van der Waals surface area contributed by atoms with Crippen molar-refractivity contribution in [3.8, 4) is 0 Å². The molecule has 0 unspecified atom stereocenters. The van der Waals surface area contributed by atoms with E-state index < -0.39 is 0 Å². The van der Waals surface area contributed by atoms with Gasteiger partial charge in [0.15, 0.2) is 5.65 Å². The molecular weight excluding hydrogens is 288 g/mol. The van der Waals surface area contributed by atoms with E-state index >= 15 is 0 Å². The Kier molecular flexibility index (Phi) is 3.29. The maximum absolute atomic E-state index is 4.72. The summed E-state index contributed by atoms with van der Waals surface area (Å²) >= 11 is 0. The number of rotatable bonds is 2. The Hall–Kier alpha value is -2.76. The van der Waals surface area contributed by atoms with Gasteiger partial charge in [-0.05, 0) is 38.3 Å². The van der Waals surface area contributed by atoms with Crippen LogP contribution in [0.5, 0.6) is 0 Å². The number of imidazole rings is 1. The van der Waals surface area contributed by atoms with Crippen LogP contribution >= 0.6 is 0 Å². The zero-order valence-corrected chi connectivity index (χ0v) is 13.2. The highest BCUT2D eigenvalue weighted by atomic mass is 15.2. The molecule has 1 aliphatic rings. The number of nitrogens with zero attached hydrogens (tertiary/aromatic N) is 5. The van der Waals surface area contributed by atoms with E-state index in [-0.39, 0.29) is 0 Å². The highest BCUT2D eigenvalue weighted by molar-refractivity contribution is 5.79. The molecule has 3 aromatic heterocycles. The summed E-state index contributed by atoms with van der Waals surface area (Å²) in [5.41, 5.74) is 6.02. The lowest BCUT2D eigenvalue weighted by Crippen LogP contribution is -2.05. The van der Waals surface area contributed by atoms with E-state index in [9.17, 15) is 0 Å². The number of aromatic nitrogens is 5. The lowest BCUT2D eigenvalue weighted by Gasteiger charge is -2.10. The predicted octanol–water partition coefficient (Wildman–Crippen LogP) is 2.64. The van der Waals surface area contributed by atoms with Crippen LogP contribution in [0.2, 0.25) is 0 Å². The molecule has 1 N–H and O–H groups in total. The molecule has 0 saturated heterocycles. The Morgan fingerprint density at radius 3 is 3.00 bits per heavy atom. The van der Waals surface area contributed by atoms with Crippen LogP contribution in [0.25, 0.3) is 11.2 Å². The molecule has 0 aliphatic heterocycles. The van der Waals surface area contributed by atoms with Crippen molar-refractivity contribution in [1.29, 1.82) is 0 Å². The first-order chi connectivity index (χ1) is 11.2. The first-order valence-electron chi connectivity index (χ1n) is 7.82. The van der Waals surface area contributed by atoms with Gasteiger partial charge in [0.1, 0.15) is 0 Å². The summed E-state index contributed by atoms with van der Waals surface area (Å²) in [6, 6.07) is 4.03. The smallest absolute Gasteiger partial charge is 0.222 e. The van der Waals surface area contributed by atoms with Crippen LogP contribution in [0.4, 0.5) is 5.95 Å². The van der Waals surface area contributed by atoms with Crippen molar-refractivity contribution in [1.82, 2.24) is 24.6 Å². The van der Waals surface area contributed by atoms with E-state index in [0.29, 0.717) is 5.95 Å². The molecule has 0 spiro atoms. The third-order valence-electron chi connectivity index (χ3n) is 4.06. The molecule has 0 fully saturated rings. The predicted molar refractivity (Wildman–Crippen MR) is 89.3 cm³/mol. The summed E-state index contributed by atoms with van der Waals surface area (Å²) in [5, 5.41) is 7.73. The maximum atomic E-state index is 4.72. The van der Waals surface area contributed by atoms with E-state index in [1.54, 1.807) is 0 Å². The van der Waals surface area contributed by atoms with E-state index in [1.807, 2.05) is 43.0 Å². The quantitative estimate of drug-likeness (QED) is 0.788. The zero-order chi connectivity index (χ0) is 15.8. The van der Waals surface area contributed by atoms with E-state index in [1.165, 1.54) is 0 Å². The summed E-state index contributed by atoms with van der Waals surface area (Å²) < 4.78 is 1.83. The highest BCUT2D eigenvalue weighted by Gasteiger charge is 2.17. The van der Waals surface area contributed by atoms with Gasteiger partial charge in [0.2, 0.25) is 5.95 Å². The Balaban J connectivity index is 1.85. The van der Waals surface area contributed by atoms with Crippen molar-refractivity contribution >= 4 is 17.2 Å². The first kappa shape index (κ1) is 13.9. The van der Waals surface area contributed by atoms with Crippen molar-refractivity contribution in [2.24, 2.45) is 0 Å². The number of hydrogen-bond donors (Lipinski definition) is 1. The van der Waals surface area contributed by atoms with Crippen LogP contribution in [-0.4, -0.2) is 31.6 Å². The van der Waals surface area contributed by atoms with Crippen molar-refractivity contribution in [2.45, 2.75) is 26.2 Å². The Morgan fingerprint density at radius 2 is 2.13 bits per heavy atom. The van der Waals surface area contributed by atoms with Gasteiger partial charge in [-0.15, -0.1) is 0 Å². The molecule has 0 radical (unpaired) electrons. The summed E-state index contributed by atoms with van der Waals surface area (Å²) in [5.74, 6) is 0.665. The Labute approximate surface area is 134 Å². The summed E-state index contributed by atoms with van der Waals surface area (Å²) in [6.45, 7) is 1.97. The third kappa shape index (κ3) is 2.46. The third-order valence-corrected chi connectivity index (χ3v) is 4.06. The van der Waals surface area contributed by atoms with Gasteiger partial charge in [-0.25, -0.2) is 19.5 Å². The first-order valence-corrected chi connectivity index (χ1v) is 7.82. The lowest BCUT2D eigenvalue weighted by atomic mass is 10.0. The number of hydrogen-bond acceptors (Lipinski definition) is 5. The standard InChI is InChI=1S/C17H18N6/c1-11-10-23-16(20-11)8-7-15(22-23)12-5-3-4-6-14-13(12)9-19-17(18-2)21-14/h5,7-10H,3-4,6H2,1-2H3,(H,18,19,21). The van der Waals surface area contributed by atoms with Gasteiger partial charge in [0.25, 0.3) is 0 Å². The minimum atomic E-state index is 0.665. The second-order valence-electron chi connectivity index (χ2n) is 5.72. The molecule has 4 rings (SSSR count). The number of fused-ring (bicyclic) bond motifs is 2. The molecule has 0 amide bonds. The highest BCUT2D eigenvalue weighted by Crippen LogP contribution is 2.29. The van der Waals surface area contributed by atoms with Crippen LogP contribution in [0, 0.1) is 6.92 Å². The van der Waals surface area contributed by atoms with Crippen LogP contribution in [-0.2, 0) is 6.42 Å². The average Bonchev–Trinajstić information content (AvgIpc) is 2.81. The van der Waals surface area contributed by atoms with Crippen molar-refractivity contribution in [3.05, 3.63) is 53.2 Å². The van der Waals surface area contributed by atoms with Gasteiger partial charge < -0.3 is 5.32 Å². The van der Waals surface area contributed by atoms with Gasteiger partial charge in [0.05, 0.1) is 23.3 Å². The van der Waals surface area contributed by atoms with Crippen molar-refractivity contribution in [3.63, 3.8) is 0 Å². The molecule has 0 saturated carbocycles. The number of nitrogens with one attached hydrogen (secondary N) is 1. The van der Waals surface area contributed by atoms with Crippen LogP contribution < -0.4 is 5.32 Å². The molecule has 3 heterocycles. The molecule has 23 heavy (non-hydrogen) atoms. The average molecular weight is 306 g/mol. The molecular formula is C17H18N6. The zero-order valence-electron chi connectivity index (χ0n) is 13.2. The van der Waals surface area contributed by atoms with Gasteiger partial charge in [-0.1, -0.05) is 6.08 Å². The van der Waals surface area contributed by atoms with E-state index in [4.69, 9.17) is 5.10 Å². The fourth-order valence-corrected chi connectivity index (χ4v) is 2.97. The van der Waals surface area contributed by atoms with Crippen molar-refractivity contribution in [2.75, 3.05) is 12.4 Å².